The van der Waals surface area contributed by atoms with Crippen LogP contribution in [0.2, 0.25) is 0 Å². The molecule has 0 saturated carbocycles. The van der Waals surface area contributed by atoms with Gasteiger partial charge >= 0.3 is 0 Å². The minimum atomic E-state index is 0.0758. The highest BCUT2D eigenvalue weighted by atomic mass is 16.5. The van der Waals surface area contributed by atoms with Crippen LogP contribution in [0, 0.1) is 0 Å². The highest BCUT2D eigenvalue weighted by Gasteiger charge is 2.21. The van der Waals surface area contributed by atoms with Gasteiger partial charge in [0, 0.05) is 64.8 Å². The molecule has 8 heteroatoms. The molecule has 1 fully saturated rings. The van der Waals surface area contributed by atoms with Crippen molar-refractivity contribution in [2.75, 3.05) is 60.5 Å². The van der Waals surface area contributed by atoms with Crippen molar-refractivity contribution < 1.29 is 14.3 Å². The van der Waals surface area contributed by atoms with Gasteiger partial charge in [-0.05, 0) is 24.6 Å². The first-order chi connectivity index (χ1) is 14.1. The molecule has 8 nitrogen and oxygen atoms in total. The standard InChI is InChI=1S/C21H35N5O3/c1-5-9-23-20(27)8-10-24-21(22-2)26-13-11-25(12-14-26)16-17-15-18(28-3)6-7-19(17)29-4/h6-7,15H,5,8-14,16H2,1-4H3,(H,22,24)(H,23,27). The number of benzene rings is 1. The van der Waals surface area contributed by atoms with Gasteiger partial charge in [0.1, 0.15) is 11.5 Å². The number of carbonyl (C=O) groups excluding carboxylic acids is 1. The summed E-state index contributed by atoms with van der Waals surface area (Å²) in [5, 5.41) is 6.20. The van der Waals surface area contributed by atoms with Gasteiger partial charge in [-0.15, -0.1) is 0 Å². The third-order valence-corrected chi connectivity index (χ3v) is 4.97. The second-order valence-corrected chi connectivity index (χ2v) is 7.01. The zero-order chi connectivity index (χ0) is 21.1. The Hall–Kier alpha value is -2.48. The number of amides is 1. The maximum Gasteiger partial charge on any atom is 0.221 e. The number of guanidine groups is 1. The molecule has 2 N–H and O–H groups in total. The topological polar surface area (TPSA) is 78.4 Å². The van der Waals surface area contributed by atoms with Crippen LogP contribution in [0.15, 0.2) is 23.2 Å². The van der Waals surface area contributed by atoms with Crippen LogP contribution >= 0.6 is 0 Å². The minimum Gasteiger partial charge on any atom is -0.497 e. The Kier molecular flexibility index (Phi) is 9.56. The number of rotatable bonds is 9. The largest absolute Gasteiger partial charge is 0.497 e. The van der Waals surface area contributed by atoms with Crippen molar-refractivity contribution in [2.45, 2.75) is 26.3 Å². The fourth-order valence-corrected chi connectivity index (χ4v) is 3.34. The summed E-state index contributed by atoms with van der Waals surface area (Å²) in [6.45, 7) is 7.80. The van der Waals surface area contributed by atoms with Crippen LogP contribution in [0.4, 0.5) is 0 Å². The van der Waals surface area contributed by atoms with Crippen molar-refractivity contribution >= 4 is 11.9 Å². The van der Waals surface area contributed by atoms with Crippen LogP contribution in [0.1, 0.15) is 25.3 Å². The summed E-state index contributed by atoms with van der Waals surface area (Å²) in [6, 6.07) is 5.90. The number of piperazine rings is 1. The molecule has 1 aromatic carbocycles. The minimum absolute atomic E-state index is 0.0758. The molecule has 1 heterocycles. The van der Waals surface area contributed by atoms with E-state index >= 15 is 0 Å². The van der Waals surface area contributed by atoms with Crippen molar-refractivity contribution in [2.24, 2.45) is 4.99 Å². The van der Waals surface area contributed by atoms with Gasteiger partial charge in [-0.3, -0.25) is 14.7 Å². The van der Waals surface area contributed by atoms with Crippen molar-refractivity contribution in [3.05, 3.63) is 23.8 Å². The van der Waals surface area contributed by atoms with Crippen molar-refractivity contribution in [1.82, 2.24) is 20.4 Å². The van der Waals surface area contributed by atoms with E-state index in [1.54, 1.807) is 21.3 Å². The number of nitrogens with zero attached hydrogens (tertiary/aromatic N) is 3. The molecule has 162 valence electrons. The van der Waals surface area contributed by atoms with Crippen LogP contribution in [-0.2, 0) is 11.3 Å². The lowest BCUT2D eigenvalue weighted by Gasteiger charge is -2.36. The van der Waals surface area contributed by atoms with Gasteiger partial charge in [0.15, 0.2) is 5.96 Å². The predicted octanol–water partition coefficient (Wildman–Crippen LogP) is 1.31. The molecule has 1 aliphatic heterocycles. The van der Waals surface area contributed by atoms with Crippen molar-refractivity contribution in [3.63, 3.8) is 0 Å². The second-order valence-electron chi connectivity index (χ2n) is 7.01. The molecule has 1 aliphatic rings. The Morgan fingerprint density at radius 1 is 1.10 bits per heavy atom. The number of carbonyl (C=O) groups is 1. The van der Waals surface area contributed by atoms with Gasteiger partial charge in [-0.25, -0.2) is 0 Å². The molecular formula is C21H35N5O3. The molecule has 0 atom stereocenters. The molecular weight excluding hydrogens is 370 g/mol. The molecule has 0 bridgehead atoms. The lowest BCUT2D eigenvalue weighted by Crippen LogP contribution is -2.52. The molecule has 0 spiro atoms. The molecule has 29 heavy (non-hydrogen) atoms. The summed E-state index contributed by atoms with van der Waals surface area (Å²) in [5.74, 6) is 2.65. The Bertz CT molecular complexity index is 672. The molecule has 0 aliphatic carbocycles. The molecule has 0 aromatic heterocycles. The third kappa shape index (κ3) is 7.12. The monoisotopic (exact) mass is 405 g/mol. The third-order valence-electron chi connectivity index (χ3n) is 4.97. The maximum absolute atomic E-state index is 11.7. The van der Waals surface area contributed by atoms with Gasteiger partial charge in [0.05, 0.1) is 14.2 Å². The predicted molar refractivity (Wildman–Crippen MR) is 116 cm³/mol. The number of hydrogen-bond acceptors (Lipinski definition) is 5. The van der Waals surface area contributed by atoms with Crippen molar-refractivity contribution in [1.29, 1.82) is 0 Å². The molecule has 0 unspecified atom stereocenters. The van der Waals surface area contributed by atoms with Crippen LogP contribution in [0.25, 0.3) is 0 Å². The summed E-state index contributed by atoms with van der Waals surface area (Å²) in [4.78, 5) is 20.7. The molecule has 2 rings (SSSR count). The first-order valence-electron chi connectivity index (χ1n) is 10.3. The first kappa shape index (κ1) is 22.8. The normalized spacial score (nSPS) is 15.2. The number of hydrogen-bond donors (Lipinski definition) is 2. The number of ether oxygens (including phenoxy) is 2. The Balaban J connectivity index is 1.81. The highest BCUT2D eigenvalue weighted by molar-refractivity contribution is 5.81. The van der Waals surface area contributed by atoms with Gasteiger partial charge in [0.25, 0.3) is 0 Å². The number of methoxy groups -OCH3 is 2. The fraction of sp³-hybridized carbons (Fsp3) is 0.619. The van der Waals surface area contributed by atoms with Gasteiger partial charge in [-0.1, -0.05) is 6.92 Å². The molecule has 1 amide bonds. The molecule has 1 saturated heterocycles. The maximum atomic E-state index is 11.7. The van der Waals surface area contributed by atoms with E-state index in [0.29, 0.717) is 13.0 Å². The van der Waals surface area contributed by atoms with Crippen LogP contribution in [0.5, 0.6) is 11.5 Å². The zero-order valence-electron chi connectivity index (χ0n) is 18.2. The van der Waals surface area contributed by atoms with E-state index in [1.807, 2.05) is 25.1 Å². The first-order valence-corrected chi connectivity index (χ1v) is 10.3. The second kappa shape index (κ2) is 12.2. The lowest BCUT2D eigenvalue weighted by molar-refractivity contribution is -0.120. The van der Waals surface area contributed by atoms with E-state index < -0.39 is 0 Å². The molecule has 1 aromatic rings. The fourth-order valence-electron chi connectivity index (χ4n) is 3.34. The Labute approximate surface area is 174 Å². The van der Waals surface area contributed by atoms with Gasteiger partial charge in [0.2, 0.25) is 5.91 Å². The smallest absolute Gasteiger partial charge is 0.221 e. The molecule has 0 radical (unpaired) electrons. The van der Waals surface area contributed by atoms with Crippen LogP contribution in [-0.4, -0.2) is 82.2 Å². The van der Waals surface area contributed by atoms with E-state index in [2.05, 4.69) is 25.4 Å². The highest BCUT2D eigenvalue weighted by Crippen LogP contribution is 2.25. The van der Waals surface area contributed by atoms with Gasteiger partial charge < -0.3 is 25.0 Å². The van der Waals surface area contributed by atoms with E-state index in [4.69, 9.17) is 9.47 Å². The summed E-state index contributed by atoms with van der Waals surface area (Å²) < 4.78 is 10.8. The lowest BCUT2D eigenvalue weighted by atomic mass is 10.1. The van der Waals surface area contributed by atoms with E-state index in [9.17, 15) is 4.79 Å². The summed E-state index contributed by atoms with van der Waals surface area (Å²) >= 11 is 0. The van der Waals surface area contributed by atoms with Crippen LogP contribution < -0.4 is 20.1 Å². The van der Waals surface area contributed by atoms with Gasteiger partial charge in [-0.2, -0.15) is 0 Å². The van der Waals surface area contributed by atoms with E-state index in [1.165, 1.54) is 0 Å². The summed E-state index contributed by atoms with van der Waals surface area (Å²) in [6.07, 6.45) is 1.40. The summed E-state index contributed by atoms with van der Waals surface area (Å²) in [5.41, 5.74) is 1.13. The van der Waals surface area contributed by atoms with E-state index in [0.717, 1.165) is 68.7 Å². The number of nitrogens with one attached hydrogen (secondary N) is 2. The Morgan fingerprint density at radius 3 is 2.48 bits per heavy atom. The van der Waals surface area contributed by atoms with Crippen molar-refractivity contribution in [3.8, 4) is 11.5 Å². The Morgan fingerprint density at radius 2 is 1.86 bits per heavy atom. The average molecular weight is 406 g/mol. The zero-order valence-corrected chi connectivity index (χ0v) is 18.2. The van der Waals surface area contributed by atoms with Crippen LogP contribution in [0.3, 0.4) is 0 Å². The summed E-state index contributed by atoms with van der Waals surface area (Å²) in [7, 11) is 5.16. The quantitative estimate of drug-likeness (QED) is 0.477. The van der Waals surface area contributed by atoms with E-state index in [-0.39, 0.29) is 5.91 Å². The SMILES string of the molecule is CCCNC(=O)CCNC(=NC)N1CCN(Cc2cc(OC)ccc2OC)CC1. The average Bonchev–Trinajstić information content (AvgIpc) is 2.76. The number of aliphatic imine (C=N–C) groups is 1.